The maximum Gasteiger partial charge on any atom is 0.253 e. The van der Waals surface area contributed by atoms with Crippen LogP contribution in [0.4, 0.5) is 0 Å². The second kappa shape index (κ2) is 10.2. The molecule has 0 atom stereocenters. The summed E-state index contributed by atoms with van der Waals surface area (Å²) in [6.07, 6.45) is 0.745. The van der Waals surface area contributed by atoms with E-state index in [1.807, 2.05) is 13.8 Å². The molecule has 2 N–H and O–H groups in total. The van der Waals surface area contributed by atoms with Crippen LogP contribution in [0.5, 0.6) is 0 Å². The Morgan fingerprint density at radius 2 is 1.81 bits per heavy atom. The van der Waals surface area contributed by atoms with E-state index < -0.39 is 0 Å². The number of nitrogens with zero attached hydrogens (tertiary/aromatic N) is 1. The van der Waals surface area contributed by atoms with Crippen molar-refractivity contribution in [3.63, 3.8) is 0 Å². The summed E-state index contributed by atoms with van der Waals surface area (Å²) in [4.78, 5) is 28.1. The van der Waals surface area contributed by atoms with Gasteiger partial charge in [-0.15, -0.1) is 0 Å². The first kappa shape index (κ1) is 19.4. The Bertz CT molecular complexity index is 449. The number of carbonyl (C=O) groups is 2. The van der Waals surface area contributed by atoms with Crippen LogP contribution in [0.2, 0.25) is 0 Å². The fourth-order valence-electron chi connectivity index (χ4n) is 2.19. The minimum Gasteiger partial charge on any atom is -0.356 e. The van der Waals surface area contributed by atoms with Crippen LogP contribution in [-0.4, -0.2) is 48.3 Å². The average molecular weight is 295 g/mol. The topological polar surface area (TPSA) is 65.2 Å². The molecule has 120 valence electrons. The molecule has 0 unspecified atom stereocenters. The Labute approximate surface area is 128 Å². The molecule has 0 bridgehead atoms. The normalized spacial score (nSPS) is 10.0. The van der Waals surface area contributed by atoms with Crippen molar-refractivity contribution in [2.75, 3.05) is 26.2 Å². The van der Waals surface area contributed by atoms with Crippen molar-refractivity contribution >= 4 is 12.2 Å². The molecule has 0 aliphatic carbocycles. The van der Waals surface area contributed by atoms with Crippen molar-refractivity contribution in [1.29, 1.82) is 0 Å². The number of aromatic nitrogens is 1. The van der Waals surface area contributed by atoms with Gasteiger partial charge in [-0.1, -0.05) is 27.7 Å². The van der Waals surface area contributed by atoms with Crippen LogP contribution in [0.1, 0.15) is 59.8 Å². The minimum atomic E-state index is -0.119. The van der Waals surface area contributed by atoms with Gasteiger partial charge in [-0.3, -0.25) is 9.59 Å². The lowest BCUT2D eigenvalue weighted by molar-refractivity contribution is 0.0948. The Hall–Kier alpha value is -1.62. The largest absolute Gasteiger partial charge is 0.356 e. The molecule has 5 heteroatoms. The second-order valence-corrected chi connectivity index (χ2v) is 4.56. The van der Waals surface area contributed by atoms with Crippen LogP contribution in [-0.2, 0) is 0 Å². The van der Waals surface area contributed by atoms with Crippen molar-refractivity contribution in [3.8, 4) is 0 Å². The monoisotopic (exact) mass is 295 g/mol. The van der Waals surface area contributed by atoms with Gasteiger partial charge in [0.1, 0.15) is 0 Å². The fraction of sp³-hybridized carbons (Fsp3) is 0.625. The van der Waals surface area contributed by atoms with Gasteiger partial charge in [-0.2, -0.15) is 0 Å². The molecule has 0 aliphatic heterocycles. The van der Waals surface area contributed by atoms with Crippen LogP contribution in [0.15, 0.2) is 0 Å². The molecule has 0 saturated carbocycles. The summed E-state index contributed by atoms with van der Waals surface area (Å²) < 4.78 is 0. The van der Waals surface area contributed by atoms with E-state index in [0.717, 1.165) is 31.6 Å². The lowest BCUT2D eigenvalue weighted by Gasteiger charge is -2.18. The van der Waals surface area contributed by atoms with Gasteiger partial charge < -0.3 is 15.2 Å². The summed E-state index contributed by atoms with van der Waals surface area (Å²) in [5.74, 6) is -0.119. The molecular formula is C16H29N3O2. The van der Waals surface area contributed by atoms with Gasteiger partial charge in [0.15, 0.2) is 6.29 Å². The van der Waals surface area contributed by atoms with Gasteiger partial charge in [0.25, 0.3) is 5.91 Å². The molecule has 0 spiro atoms. The Kier molecular flexibility index (Phi) is 9.37. The number of H-pyrrole nitrogens is 1. The predicted octanol–water partition coefficient (Wildman–Crippen LogP) is 2.54. The van der Waals surface area contributed by atoms with E-state index in [9.17, 15) is 9.59 Å². The average Bonchev–Trinajstić information content (AvgIpc) is 2.79. The van der Waals surface area contributed by atoms with Crippen LogP contribution in [0.25, 0.3) is 0 Å². The maximum absolute atomic E-state index is 12.1. The molecule has 0 aliphatic rings. The zero-order valence-electron chi connectivity index (χ0n) is 14.2. The molecule has 21 heavy (non-hydrogen) atoms. The van der Waals surface area contributed by atoms with Gasteiger partial charge in [-0.05, 0) is 32.5 Å². The first-order chi connectivity index (χ1) is 10.0. The van der Waals surface area contributed by atoms with Crippen molar-refractivity contribution in [2.45, 2.75) is 41.5 Å². The maximum atomic E-state index is 12.1. The van der Waals surface area contributed by atoms with Crippen LogP contribution in [0, 0.1) is 13.8 Å². The number of aromatic amines is 1. The quantitative estimate of drug-likeness (QED) is 0.760. The van der Waals surface area contributed by atoms with E-state index in [-0.39, 0.29) is 5.91 Å². The highest BCUT2D eigenvalue weighted by Crippen LogP contribution is 2.16. The molecule has 1 rings (SSSR count). The van der Waals surface area contributed by atoms with Gasteiger partial charge >= 0.3 is 0 Å². The number of nitrogens with one attached hydrogen (secondary N) is 2. The third-order valence-corrected chi connectivity index (χ3v) is 3.43. The first-order valence-electron chi connectivity index (χ1n) is 7.69. The second-order valence-electron chi connectivity index (χ2n) is 4.56. The van der Waals surface area contributed by atoms with Crippen molar-refractivity contribution < 1.29 is 9.59 Å². The molecule has 1 aromatic heterocycles. The number of aryl methyl sites for hydroxylation is 1. The molecule has 5 nitrogen and oxygen atoms in total. The van der Waals surface area contributed by atoms with Crippen molar-refractivity contribution in [2.24, 2.45) is 0 Å². The van der Waals surface area contributed by atoms with Crippen molar-refractivity contribution in [1.82, 2.24) is 15.2 Å². The summed E-state index contributed by atoms with van der Waals surface area (Å²) in [7, 11) is 0. The van der Waals surface area contributed by atoms with Crippen LogP contribution >= 0.6 is 0 Å². The van der Waals surface area contributed by atoms with Crippen LogP contribution in [0.3, 0.4) is 0 Å². The third-order valence-electron chi connectivity index (χ3n) is 3.43. The molecule has 0 fully saturated rings. The van der Waals surface area contributed by atoms with E-state index >= 15 is 0 Å². The number of aldehydes is 1. The van der Waals surface area contributed by atoms with Gasteiger partial charge in [0, 0.05) is 18.8 Å². The van der Waals surface area contributed by atoms with Gasteiger partial charge in [0.05, 0.1) is 11.3 Å². The van der Waals surface area contributed by atoms with E-state index in [1.54, 1.807) is 13.8 Å². The molecule has 0 saturated heterocycles. The molecule has 1 aromatic rings. The molecule has 1 heterocycles. The summed E-state index contributed by atoms with van der Waals surface area (Å²) in [5.41, 5.74) is 2.51. The summed E-state index contributed by atoms with van der Waals surface area (Å²) in [6.45, 7) is 15.2. The molecule has 0 radical (unpaired) electrons. The fourth-order valence-corrected chi connectivity index (χ4v) is 2.19. The summed E-state index contributed by atoms with van der Waals surface area (Å²) in [6, 6.07) is 0. The number of rotatable bonds is 7. The number of hydrogen-bond donors (Lipinski definition) is 2. The zero-order valence-corrected chi connectivity index (χ0v) is 14.2. The Morgan fingerprint density at radius 3 is 2.24 bits per heavy atom. The molecule has 0 aromatic carbocycles. The Balaban J connectivity index is 0.00000191. The number of likely N-dealkylation sites (N-methyl/N-ethyl adjacent to an activating group) is 1. The van der Waals surface area contributed by atoms with E-state index in [1.165, 1.54) is 0 Å². The van der Waals surface area contributed by atoms with E-state index in [4.69, 9.17) is 0 Å². The molecular weight excluding hydrogens is 266 g/mol. The number of hydrogen-bond acceptors (Lipinski definition) is 3. The third kappa shape index (κ3) is 5.34. The summed E-state index contributed by atoms with van der Waals surface area (Å²) in [5, 5.41) is 2.90. The zero-order chi connectivity index (χ0) is 16.4. The first-order valence-corrected chi connectivity index (χ1v) is 7.69. The summed E-state index contributed by atoms with van der Waals surface area (Å²) >= 11 is 0. The van der Waals surface area contributed by atoms with Gasteiger partial charge in [-0.25, -0.2) is 0 Å². The highest BCUT2D eigenvalue weighted by molar-refractivity contribution is 5.99. The lowest BCUT2D eigenvalue weighted by Crippen LogP contribution is -2.35. The number of carbonyl (C=O) groups excluding carboxylic acids is 2. The number of amides is 1. The Morgan fingerprint density at radius 1 is 1.24 bits per heavy atom. The van der Waals surface area contributed by atoms with Gasteiger partial charge in [0.2, 0.25) is 0 Å². The smallest absolute Gasteiger partial charge is 0.253 e. The van der Waals surface area contributed by atoms with E-state index in [0.29, 0.717) is 23.4 Å². The predicted molar refractivity (Wildman–Crippen MR) is 87.1 cm³/mol. The highest BCUT2D eigenvalue weighted by Gasteiger charge is 2.17. The highest BCUT2D eigenvalue weighted by atomic mass is 16.1. The minimum absolute atomic E-state index is 0.119. The van der Waals surface area contributed by atoms with Crippen molar-refractivity contribution in [3.05, 3.63) is 22.5 Å². The standard InChI is InChI=1S/C14H23N3O2.C2H6/c1-5-17(6-2)8-7-15-14(19)13-10(3)12(9-18)16-11(13)4;1-2/h9,16H,5-8H2,1-4H3,(H,15,19);1-2H3. The SMILES string of the molecule is CC.CCN(CC)CCNC(=O)c1c(C)[nH]c(C=O)c1C. The molecule has 1 amide bonds. The lowest BCUT2D eigenvalue weighted by atomic mass is 10.1. The van der Waals surface area contributed by atoms with Crippen LogP contribution < -0.4 is 5.32 Å². The van der Waals surface area contributed by atoms with E-state index in [2.05, 4.69) is 29.0 Å².